The number of nitrogens with zero attached hydrogens (tertiary/aromatic N) is 4. The van der Waals surface area contributed by atoms with Gasteiger partial charge in [-0.3, -0.25) is 0 Å². The Labute approximate surface area is 205 Å². The molecule has 0 saturated carbocycles. The number of aromatic nitrogens is 4. The summed E-state index contributed by atoms with van der Waals surface area (Å²) in [6.45, 7) is 5.15. The molecule has 0 spiro atoms. The standard InChI is InChI=1S/C25H22N4O7/c1-12-8-17(14(3)34-12)19-10-18(22-13(2)28-36-24(22)26-19)25(30)33-11-21-27-23(29-35-21)16-7-6-15(31-4)9-20(16)32-5/h6-10H,11H2,1-5H3. The fourth-order valence-electron chi connectivity index (χ4n) is 3.89. The van der Waals surface area contributed by atoms with Crippen LogP contribution < -0.4 is 9.47 Å². The predicted octanol–water partition coefficient (Wildman–Crippen LogP) is 4.83. The third kappa shape index (κ3) is 4.15. The van der Waals surface area contributed by atoms with Crippen LogP contribution in [0.15, 0.2) is 43.8 Å². The Bertz CT molecular complexity index is 1580. The van der Waals surface area contributed by atoms with Gasteiger partial charge in [-0.1, -0.05) is 10.3 Å². The lowest BCUT2D eigenvalue weighted by molar-refractivity contribution is 0.0432. The number of rotatable bonds is 7. The predicted molar refractivity (Wildman–Crippen MR) is 126 cm³/mol. The second-order valence-corrected chi connectivity index (χ2v) is 7.98. The van der Waals surface area contributed by atoms with Crippen LogP contribution in [0.4, 0.5) is 0 Å². The van der Waals surface area contributed by atoms with Gasteiger partial charge in [-0.25, -0.2) is 9.78 Å². The molecule has 184 valence electrons. The van der Waals surface area contributed by atoms with Crippen molar-refractivity contribution >= 4 is 17.1 Å². The van der Waals surface area contributed by atoms with Crippen molar-refractivity contribution < 1.29 is 32.5 Å². The SMILES string of the molecule is COc1ccc(-c2noc(COC(=O)c3cc(-c4cc(C)oc4C)nc4onc(C)c34)n2)c(OC)c1. The van der Waals surface area contributed by atoms with Gasteiger partial charge in [-0.2, -0.15) is 4.98 Å². The molecule has 5 rings (SSSR count). The van der Waals surface area contributed by atoms with E-state index in [4.69, 9.17) is 27.7 Å². The zero-order valence-corrected chi connectivity index (χ0v) is 20.2. The number of ether oxygens (including phenoxy) is 3. The number of hydrogen-bond acceptors (Lipinski definition) is 11. The molecule has 5 aromatic rings. The summed E-state index contributed by atoms with van der Waals surface area (Å²) in [5, 5.41) is 8.40. The molecule has 0 aliphatic rings. The smallest absolute Gasteiger partial charge is 0.339 e. The van der Waals surface area contributed by atoms with Crippen molar-refractivity contribution in [2.75, 3.05) is 14.2 Å². The lowest BCUT2D eigenvalue weighted by Gasteiger charge is -2.07. The monoisotopic (exact) mass is 490 g/mol. The van der Waals surface area contributed by atoms with E-state index in [9.17, 15) is 4.79 Å². The highest BCUT2D eigenvalue weighted by molar-refractivity contribution is 6.04. The molecule has 0 amide bonds. The maximum Gasteiger partial charge on any atom is 0.339 e. The molecule has 0 unspecified atom stereocenters. The second kappa shape index (κ2) is 9.17. The maximum atomic E-state index is 13.1. The van der Waals surface area contributed by atoms with Crippen molar-refractivity contribution in [2.45, 2.75) is 27.4 Å². The minimum Gasteiger partial charge on any atom is -0.497 e. The van der Waals surface area contributed by atoms with E-state index in [1.54, 1.807) is 38.3 Å². The van der Waals surface area contributed by atoms with Crippen LogP contribution in [0.5, 0.6) is 11.5 Å². The van der Waals surface area contributed by atoms with E-state index in [1.165, 1.54) is 7.11 Å². The molecule has 0 aliphatic heterocycles. The third-order valence-corrected chi connectivity index (χ3v) is 5.60. The lowest BCUT2D eigenvalue weighted by Crippen LogP contribution is -2.07. The van der Waals surface area contributed by atoms with Crippen molar-refractivity contribution in [2.24, 2.45) is 0 Å². The Hall–Kier alpha value is -4.67. The first kappa shape index (κ1) is 23.1. The number of methoxy groups -OCH3 is 2. The molecule has 0 saturated heterocycles. The molecule has 4 heterocycles. The number of carbonyl (C=O) groups is 1. The Balaban J connectivity index is 1.41. The Kier molecular flexibility index (Phi) is 5.88. The van der Waals surface area contributed by atoms with E-state index < -0.39 is 5.97 Å². The summed E-state index contributed by atoms with van der Waals surface area (Å²) in [5.74, 6) is 2.32. The Morgan fingerprint density at radius 2 is 1.78 bits per heavy atom. The fraction of sp³-hybridized carbons (Fsp3) is 0.240. The van der Waals surface area contributed by atoms with E-state index in [0.29, 0.717) is 39.6 Å². The summed E-state index contributed by atoms with van der Waals surface area (Å²) in [7, 11) is 3.09. The summed E-state index contributed by atoms with van der Waals surface area (Å²) >= 11 is 0. The van der Waals surface area contributed by atoms with Gasteiger partial charge in [0.1, 0.15) is 23.0 Å². The second-order valence-electron chi connectivity index (χ2n) is 7.98. The van der Waals surface area contributed by atoms with Crippen LogP contribution in [-0.4, -0.2) is 40.5 Å². The molecule has 1 aromatic carbocycles. The summed E-state index contributed by atoms with van der Waals surface area (Å²) in [5.41, 5.74) is 2.85. The lowest BCUT2D eigenvalue weighted by atomic mass is 10.1. The topological polar surface area (TPSA) is 136 Å². The van der Waals surface area contributed by atoms with Gasteiger partial charge in [0.2, 0.25) is 5.82 Å². The first-order valence-corrected chi connectivity index (χ1v) is 10.9. The van der Waals surface area contributed by atoms with E-state index in [0.717, 1.165) is 11.3 Å². The molecule has 36 heavy (non-hydrogen) atoms. The van der Waals surface area contributed by atoms with E-state index in [2.05, 4.69) is 20.3 Å². The largest absolute Gasteiger partial charge is 0.497 e. The van der Waals surface area contributed by atoms with Gasteiger partial charge < -0.3 is 27.7 Å². The highest BCUT2D eigenvalue weighted by Crippen LogP contribution is 2.33. The van der Waals surface area contributed by atoms with Crippen LogP contribution in [-0.2, 0) is 11.3 Å². The summed E-state index contributed by atoms with van der Waals surface area (Å²) in [6.07, 6.45) is 0. The molecule has 4 aromatic heterocycles. The number of carbonyl (C=O) groups excluding carboxylic acids is 1. The quantitative estimate of drug-likeness (QED) is 0.290. The van der Waals surface area contributed by atoms with Crippen molar-refractivity contribution in [1.29, 1.82) is 0 Å². The minimum absolute atomic E-state index is 0.116. The zero-order chi connectivity index (χ0) is 25.4. The molecular weight excluding hydrogens is 468 g/mol. The molecule has 0 aliphatic carbocycles. The van der Waals surface area contributed by atoms with Crippen LogP contribution >= 0.6 is 0 Å². The summed E-state index contributed by atoms with van der Waals surface area (Å²) < 4.78 is 32.4. The average Bonchev–Trinajstić information content (AvgIpc) is 3.60. The van der Waals surface area contributed by atoms with Crippen molar-refractivity contribution in [1.82, 2.24) is 20.3 Å². The van der Waals surface area contributed by atoms with Gasteiger partial charge in [0.25, 0.3) is 11.6 Å². The highest BCUT2D eigenvalue weighted by atomic mass is 16.6. The molecule has 0 fully saturated rings. The van der Waals surface area contributed by atoms with Gasteiger partial charge in [0.05, 0.1) is 42.1 Å². The average molecular weight is 490 g/mol. The first-order chi connectivity index (χ1) is 17.4. The summed E-state index contributed by atoms with van der Waals surface area (Å²) in [4.78, 5) is 22.0. The van der Waals surface area contributed by atoms with Crippen LogP contribution in [0.2, 0.25) is 0 Å². The minimum atomic E-state index is -0.616. The van der Waals surface area contributed by atoms with Crippen LogP contribution in [0.3, 0.4) is 0 Å². The Morgan fingerprint density at radius 3 is 2.50 bits per heavy atom. The Morgan fingerprint density at radius 1 is 0.944 bits per heavy atom. The van der Waals surface area contributed by atoms with Crippen molar-refractivity contribution in [3.8, 4) is 34.1 Å². The molecule has 0 radical (unpaired) electrons. The van der Waals surface area contributed by atoms with Gasteiger partial charge >= 0.3 is 5.97 Å². The summed E-state index contributed by atoms with van der Waals surface area (Å²) in [6, 6.07) is 8.69. The number of esters is 1. The van der Waals surface area contributed by atoms with Gasteiger partial charge in [0, 0.05) is 11.6 Å². The molecule has 11 heteroatoms. The fourth-order valence-corrected chi connectivity index (χ4v) is 3.89. The molecule has 0 atom stereocenters. The molecule has 11 nitrogen and oxygen atoms in total. The van der Waals surface area contributed by atoms with E-state index in [1.807, 2.05) is 19.9 Å². The third-order valence-electron chi connectivity index (χ3n) is 5.60. The van der Waals surface area contributed by atoms with Gasteiger partial charge in [0.15, 0.2) is 6.61 Å². The van der Waals surface area contributed by atoms with Gasteiger partial charge in [-0.15, -0.1) is 0 Å². The number of benzene rings is 1. The number of furan rings is 1. The number of fused-ring (bicyclic) bond motifs is 1. The number of aryl methyl sites for hydroxylation is 3. The molecular formula is C25H22N4O7. The van der Waals surface area contributed by atoms with Crippen LogP contribution in [0.1, 0.15) is 33.5 Å². The molecule has 0 N–H and O–H groups in total. The van der Waals surface area contributed by atoms with Crippen molar-refractivity contribution in [3.05, 3.63) is 59.0 Å². The van der Waals surface area contributed by atoms with Crippen LogP contribution in [0.25, 0.3) is 33.7 Å². The zero-order valence-electron chi connectivity index (χ0n) is 20.2. The normalized spacial score (nSPS) is 11.1. The first-order valence-electron chi connectivity index (χ1n) is 10.9. The van der Waals surface area contributed by atoms with Crippen LogP contribution in [0, 0.1) is 20.8 Å². The number of pyridine rings is 1. The maximum absolute atomic E-state index is 13.1. The number of hydrogen-bond donors (Lipinski definition) is 0. The molecule has 0 bridgehead atoms. The van der Waals surface area contributed by atoms with Gasteiger partial charge in [-0.05, 0) is 45.0 Å². The van der Waals surface area contributed by atoms with E-state index in [-0.39, 0.29) is 29.6 Å². The van der Waals surface area contributed by atoms with E-state index >= 15 is 0 Å². The van der Waals surface area contributed by atoms with Crippen molar-refractivity contribution in [3.63, 3.8) is 0 Å². The highest BCUT2D eigenvalue weighted by Gasteiger charge is 2.23.